The van der Waals surface area contributed by atoms with Crippen LogP contribution in [0.2, 0.25) is 0 Å². The first kappa shape index (κ1) is 17.0. The predicted molar refractivity (Wildman–Crippen MR) is 99.1 cm³/mol. The van der Waals surface area contributed by atoms with Gasteiger partial charge >= 0.3 is 0 Å². The second-order valence-electron chi connectivity index (χ2n) is 6.93. The van der Waals surface area contributed by atoms with Gasteiger partial charge in [-0.05, 0) is 20.3 Å². The molecule has 140 valence electrons. The first-order chi connectivity index (χ1) is 12.8. The highest BCUT2D eigenvalue weighted by Crippen LogP contribution is 2.22. The molecule has 4 rings (SSSR count). The Balaban J connectivity index is 1.90. The topological polar surface area (TPSA) is 129 Å². The number of aryl methyl sites for hydroxylation is 1. The molecule has 10 heteroatoms. The third-order valence-electron chi connectivity index (χ3n) is 4.71. The lowest BCUT2D eigenvalue weighted by atomic mass is 10.1. The molecule has 0 atom stereocenters. The van der Waals surface area contributed by atoms with Crippen molar-refractivity contribution >= 4 is 22.8 Å². The summed E-state index contributed by atoms with van der Waals surface area (Å²) < 4.78 is 4.90. The highest BCUT2D eigenvalue weighted by atomic mass is 16.1. The molecule has 1 amide bonds. The Bertz CT molecular complexity index is 1220. The fraction of sp³-hybridized carbons (Fsp3) is 0.353. The average Bonchev–Trinajstić information content (AvgIpc) is 3.36. The van der Waals surface area contributed by atoms with Crippen molar-refractivity contribution in [2.24, 2.45) is 5.73 Å². The zero-order valence-corrected chi connectivity index (χ0v) is 15.3. The van der Waals surface area contributed by atoms with Crippen molar-refractivity contribution < 1.29 is 4.79 Å². The SMILES string of the molecule is CCCn1c(=O)c2[nH]c(-c3cnn(C(C)(C)C(N)=O)c3)nc2n2ccnc12. The zero-order valence-electron chi connectivity index (χ0n) is 15.3. The average molecular weight is 368 g/mol. The fourth-order valence-corrected chi connectivity index (χ4v) is 3.00. The molecule has 0 fully saturated rings. The molecular weight excluding hydrogens is 348 g/mol. The molecule has 0 saturated carbocycles. The van der Waals surface area contributed by atoms with Crippen LogP contribution < -0.4 is 11.3 Å². The van der Waals surface area contributed by atoms with E-state index in [4.69, 9.17) is 5.73 Å². The molecule has 4 aromatic rings. The number of nitrogens with two attached hydrogens (primary N) is 1. The molecule has 0 aliphatic rings. The van der Waals surface area contributed by atoms with E-state index >= 15 is 0 Å². The van der Waals surface area contributed by atoms with Crippen LogP contribution in [-0.4, -0.2) is 39.6 Å². The van der Waals surface area contributed by atoms with Crippen LogP contribution in [0.4, 0.5) is 0 Å². The van der Waals surface area contributed by atoms with Crippen LogP contribution in [0.15, 0.2) is 29.6 Å². The summed E-state index contributed by atoms with van der Waals surface area (Å²) in [5.41, 5.74) is 5.84. The van der Waals surface area contributed by atoms with Crippen molar-refractivity contribution in [2.45, 2.75) is 39.3 Å². The summed E-state index contributed by atoms with van der Waals surface area (Å²) >= 11 is 0. The number of hydrogen-bond donors (Lipinski definition) is 2. The molecule has 0 unspecified atom stereocenters. The highest BCUT2D eigenvalue weighted by Gasteiger charge is 2.28. The number of H-pyrrole nitrogens is 1. The minimum absolute atomic E-state index is 0.172. The van der Waals surface area contributed by atoms with E-state index < -0.39 is 11.4 Å². The van der Waals surface area contributed by atoms with Gasteiger partial charge in [-0.2, -0.15) is 5.10 Å². The number of rotatable bonds is 5. The smallest absolute Gasteiger partial charge is 0.280 e. The van der Waals surface area contributed by atoms with Crippen LogP contribution in [0.3, 0.4) is 0 Å². The molecule has 4 aromatic heterocycles. The molecule has 0 aromatic carbocycles. The number of hydrogen-bond acceptors (Lipinski definition) is 5. The quantitative estimate of drug-likeness (QED) is 0.540. The fourth-order valence-electron chi connectivity index (χ4n) is 3.00. The van der Waals surface area contributed by atoms with E-state index in [2.05, 4.69) is 20.1 Å². The van der Waals surface area contributed by atoms with Crippen molar-refractivity contribution in [3.8, 4) is 11.4 Å². The van der Waals surface area contributed by atoms with E-state index in [0.29, 0.717) is 34.9 Å². The van der Waals surface area contributed by atoms with Gasteiger partial charge in [0.1, 0.15) is 11.4 Å². The number of aromatic nitrogens is 7. The Labute approximate surface area is 153 Å². The maximum atomic E-state index is 12.9. The van der Waals surface area contributed by atoms with Gasteiger partial charge in [0.2, 0.25) is 11.7 Å². The Morgan fingerprint density at radius 1 is 1.37 bits per heavy atom. The Morgan fingerprint density at radius 2 is 2.15 bits per heavy atom. The minimum Gasteiger partial charge on any atom is -0.368 e. The van der Waals surface area contributed by atoms with E-state index in [1.54, 1.807) is 47.6 Å². The molecule has 0 radical (unpaired) electrons. The van der Waals surface area contributed by atoms with E-state index in [0.717, 1.165) is 6.42 Å². The predicted octanol–water partition coefficient (Wildman–Crippen LogP) is 0.866. The molecular formula is C17H20N8O2. The third-order valence-corrected chi connectivity index (χ3v) is 4.71. The number of imidazole rings is 2. The number of aromatic amines is 1. The van der Waals surface area contributed by atoms with Crippen LogP contribution in [-0.2, 0) is 16.9 Å². The largest absolute Gasteiger partial charge is 0.368 e. The monoisotopic (exact) mass is 368 g/mol. The molecule has 10 nitrogen and oxygen atoms in total. The van der Waals surface area contributed by atoms with Crippen molar-refractivity contribution in [1.82, 2.24) is 33.7 Å². The van der Waals surface area contributed by atoms with E-state index in [9.17, 15) is 9.59 Å². The molecule has 3 N–H and O–H groups in total. The summed E-state index contributed by atoms with van der Waals surface area (Å²) in [6.45, 7) is 5.93. The van der Waals surface area contributed by atoms with Crippen molar-refractivity contribution in [3.05, 3.63) is 35.1 Å². The van der Waals surface area contributed by atoms with Crippen LogP contribution >= 0.6 is 0 Å². The van der Waals surface area contributed by atoms with Crippen LogP contribution in [0.1, 0.15) is 27.2 Å². The lowest BCUT2D eigenvalue weighted by Gasteiger charge is -2.20. The number of amides is 1. The van der Waals surface area contributed by atoms with Gasteiger partial charge < -0.3 is 10.7 Å². The first-order valence-corrected chi connectivity index (χ1v) is 8.65. The molecule has 27 heavy (non-hydrogen) atoms. The molecule has 0 aliphatic carbocycles. The molecule has 0 saturated heterocycles. The first-order valence-electron chi connectivity index (χ1n) is 8.65. The number of carbonyl (C=O) groups excluding carboxylic acids is 1. The second-order valence-corrected chi connectivity index (χ2v) is 6.93. The maximum Gasteiger partial charge on any atom is 0.280 e. The summed E-state index contributed by atoms with van der Waals surface area (Å²) in [7, 11) is 0. The van der Waals surface area contributed by atoms with Gasteiger partial charge in [-0.15, -0.1) is 0 Å². The van der Waals surface area contributed by atoms with Crippen LogP contribution in [0.25, 0.3) is 28.3 Å². The minimum atomic E-state index is -0.976. The Hall–Kier alpha value is -3.43. The van der Waals surface area contributed by atoms with Crippen LogP contribution in [0, 0.1) is 0 Å². The van der Waals surface area contributed by atoms with Gasteiger partial charge in [0.05, 0.1) is 11.8 Å². The van der Waals surface area contributed by atoms with Crippen molar-refractivity contribution in [2.75, 3.05) is 0 Å². The van der Waals surface area contributed by atoms with Crippen molar-refractivity contribution in [3.63, 3.8) is 0 Å². The number of fused-ring (bicyclic) bond motifs is 3. The summed E-state index contributed by atoms with van der Waals surface area (Å²) in [5, 5.41) is 4.23. The molecule has 0 aliphatic heterocycles. The standard InChI is InChI=1S/C17H20N8O2/c1-4-6-24-14(26)11-13(23-7-5-19-16(23)24)22-12(21-11)10-8-20-25(9-10)17(2,3)15(18)27/h5,7-9H,4,6H2,1-3H3,(H2,18,27)(H,21,22). The van der Waals surface area contributed by atoms with E-state index in [-0.39, 0.29) is 5.56 Å². The number of nitrogens with zero attached hydrogens (tertiary/aromatic N) is 6. The van der Waals surface area contributed by atoms with Gasteiger partial charge in [0, 0.05) is 25.1 Å². The number of nitrogens with one attached hydrogen (secondary N) is 1. The summed E-state index contributed by atoms with van der Waals surface area (Å²) in [6.07, 6.45) is 7.48. The second kappa shape index (κ2) is 5.79. The normalized spacial score (nSPS) is 12.3. The zero-order chi connectivity index (χ0) is 19.3. The summed E-state index contributed by atoms with van der Waals surface area (Å²) in [5.74, 6) is 0.542. The molecule has 0 bridgehead atoms. The third kappa shape index (κ3) is 2.44. The lowest BCUT2D eigenvalue weighted by molar-refractivity contribution is -0.125. The Morgan fingerprint density at radius 3 is 2.85 bits per heavy atom. The van der Waals surface area contributed by atoms with Gasteiger partial charge in [-0.25, -0.2) is 9.97 Å². The van der Waals surface area contributed by atoms with E-state index in [1.807, 2.05) is 6.92 Å². The van der Waals surface area contributed by atoms with Crippen molar-refractivity contribution in [1.29, 1.82) is 0 Å². The number of carbonyl (C=O) groups is 1. The molecule has 4 heterocycles. The van der Waals surface area contributed by atoms with E-state index in [1.165, 1.54) is 4.68 Å². The van der Waals surface area contributed by atoms with Crippen LogP contribution in [0.5, 0.6) is 0 Å². The maximum absolute atomic E-state index is 12.9. The summed E-state index contributed by atoms with van der Waals surface area (Å²) in [4.78, 5) is 36.5. The lowest BCUT2D eigenvalue weighted by Crippen LogP contribution is -2.41. The highest BCUT2D eigenvalue weighted by molar-refractivity contribution is 5.82. The van der Waals surface area contributed by atoms with Gasteiger partial charge in [0.25, 0.3) is 5.56 Å². The summed E-state index contributed by atoms with van der Waals surface area (Å²) in [6, 6.07) is 0. The van der Waals surface area contributed by atoms with Gasteiger partial charge in [-0.3, -0.25) is 23.2 Å². The Kier molecular flexibility index (Phi) is 3.65. The number of primary amides is 1. The van der Waals surface area contributed by atoms with Gasteiger partial charge in [0.15, 0.2) is 11.2 Å². The molecule has 0 spiro atoms. The van der Waals surface area contributed by atoms with Gasteiger partial charge in [-0.1, -0.05) is 6.92 Å².